The van der Waals surface area contributed by atoms with E-state index in [1.807, 2.05) is 24.3 Å². The fraction of sp³-hybridized carbons (Fsp3) is 0.444. The maximum atomic E-state index is 12.9. The van der Waals surface area contributed by atoms with Gasteiger partial charge in [0.2, 0.25) is 5.91 Å². The Bertz CT molecular complexity index is 1080. The smallest absolute Gasteiger partial charge is 0.407 e. The zero-order valence-corrected chi connectivity index (χ0v) is 19.5. The predicted molar refractivity (Wildman–Crippen MR) is 128 cm³/mol. The summed E-state index contributed by atoms with van der Waals surface area (Å²) in [5.41, 5.74) is 3.72. The maximum absolute atomic E-state index is 12.9. The number of hydrogen-bond donors (Lipinski definition) is 3. The zero-order chi connectivity index (χ0) is 24.4. The third-order valence-electron chi connectivity index (χ3n) is 7.34. The highest BCUT2D eigenvalue weighted by Crippen LogP contribution is 2.44. The molecule has 1 saturated heterocycles. The largest absolute Gasteiger partial charge is 0.480 e. The molecule has 0 radical (unpaired) electrons. The first-order valence-corrected chi connectivity index (χ1v) is 12.2. The van der Waals surface area contributed by atoms with Crippen LogP contribution in [0, 0.1) is 5.92 Å². The normalized spacial score (nSPS) is 19.2. The van der Waals surface area contributed by atoms with Gasteiger partial charge < -0.3 is 25.2 Å². The first kappa shape index (κ1) is 23.4. The molecular weight excluding hydrogens is 448 g/mol. The van der Waals surface area contributed by atoms with E-state index in [1.165, 1.54) is 0 Å². The summed E-state index contributed by atoms with van der Waals surface area (Å²) in [6, 6.07) is 15.4. The monoisotopic (exact) mass is 478 g/mol. The molecule has 1 heterocycles. The van der Waals surface area contributed by atoms with Crippen molar-refractivity contribution in [1.82, 2.24) is 10.6 Å². The first-order valence-electron chi connectivity index (χ1n) is 12.2. The number of benzene rings is 2. The Morgan fingerprint density at radius 2 is 1.60 bits per heavy atom. The molecule has 1 saturated carbocycles. The first-order chi connectivity index (χ1) is 17.0. The molecule has 2 aromatic rings. The SMILES string of the molecule is O=C(CC1(NC(=O)OCC2c3ccccc3-c3ccccc32)CCOCC1)NC(C(=O)O)C1CC1. The van der Waals surface area contributed by atoms with E-state index in [1.54, 1.807) is 0 Å². The second-order valence-electron chi connectivity index (χ2n) is 9.74. The number of hydrogen-bond acceptors (Lipinski definition) is 5. The number of carbonyl (C=O) groups excluding carboxylic acids is 2. The van der Waals surface area contributed by atoms with E-state index in [-0.39, 0.29) is 30.8 Å². The lowest BCUT2D eigenvalue weighted by Crippen LogP contribution is -2.55. The Morgan fingerprint density at radius 3 is 2.17 bits per heavy atom. The summed E-state index contributed by atoms with van der Waals surface area (Å²) in [7, 11) is 0. The Morgan fingerprint density at radius 1 is 1.00 bits per heavy atom. The van der Waals surface area contributed by atoms with Gasteiger partial charge in [-0.25, -0.2) is 9.59 Å². The van der Waals surface area contributed by atoms with Crippen LogP contribution in [0.1, 0.15) is 49.1 Å². The van der Waals surface area contributed by atoms with Crippen LogP contribution in [0.5, 0.6) is 0 Å². The minimum Gasteiger partial charge on any atom is -0.480 e. The van der Waals surface area contributed by atoms with E-state index in [0.717, 1.165) is 35.1 Å². The van der Waals surface area contributed by atoms with Crippen LogP contribution in [0.3, 0.4) is 0 Å². The molecule has 1 atom stereocenters. The van der Waals surface area contributed by atoms with E-state index in [0.29, 0.717) is 26.1 Å². The third-order valence-corrected chi connectivity index (χ3v) is 7.34. The minimum absolute atomic E-state index is 0.0165. The topological polar surface area (TPSA) is 114 Å². The zero-order valence-electron chi connectivity index (χ0n) is 19.5. The highest BCUT2D eigenvalue weighted by Gasteiger charge is 2.41. The standard InChI is InChI=1S/C27H30N2O6/c30-23(28-24(25(31)32)17-9-10-17)15-27(11-13-34-14-12-27)29-26(33)35-16-22-20-7-3-1-5-18(20)19-6-2-4-8-21(19)22/h1-8,17,22,24H,9-16H2,(H,28,30)(H,29,33)(H,31,32). The van der Waals surface area contributed by atoms with Gasteiger partial charge >= 0.3 is 12.1 Å². The van der Waals surface area contributed by atoms with E-state index in [4.69, 9.17) is 9.47 Å². The van der Waals surface area contributed by atoms with Crippen molar-refractivity contribution in [2.24, 2.45) is 5.92 Å². The number of carboxylic acid groups (broad SMARTS) is 1. The molecule has 8 nitrogen and oxygen atoms in total. The van der Waals surface area contributed by atoms with Gasteiger partial charge in [0.1, 0.15) is 12.6 Å². The second-order valence-corrected chi connectivity index (χ2v) is 9.74. The van der Waals surface area contributed by atoms with Crippen LogP contribution < -0.4 is 10.6 Å². The molecule has 2 aromatic carbocycles. The molecule has 8 heteroatoms. The number of carbonyl (C=O) groups is 3. The van der Waals surface area contributed by atoms with Crippen LogP contribution in [0.25, 0.3) is 11.1 Å². The fourth-order valence-electron chi connectivity index (χ4n) is 5.30. The van der Waals surface area contributed by atoms with Gasteiger partial charge in [0.15, 0.2) is 0 Å². The molecule has 0 aromatic heterocycles. The molecule has 184 valence electrons. The van der Waals surface area contributed by atoms with Crippen molar-refractivity contribution in [2.75, 3.05) is 19.8 Å². The highest BCUT2D eigenvalue weighted by molar-refractivity contribution is 5.85. The lowest BCUT2D eigenvalue weighted by atomic mass is 9.86. The average Bonchev–Trinajstić information content (AvgIpc) is 3.64. The van der Waals surface area contributed by atoms with Crippen molar-refractivity contribution < 1.29 is 29.0 Å². The van der Waals surface area contributed by atoms with Gasteiger partial charge in [0.25, 0.3) is 0 Å². The predicted octanol–water partition coefficient (Wildman–Crippen LogP) is 3.44. The molecule has 2 aliphatic carbocycles. The van der Waals surface area contributed by atoms with Gasteiger partial charge in [-0.1, -0.05) is 48.5 Å². The number of aliphatic carboxylic acids is 1. The lowest BCUT2D eigenvalue weighted by molar-refractivity contribution is -0.142. The van der Waals surface area contributed by atoms with Crippen LogP contribution in [0.4, 0.5) is 4.79 Å². The summed E-state index contributed by atoms with van der Waals surface area (Å²) in [6.45, 7) is 0.991. The number of fused-ring (bicyclic) bond motifs is 3. The van der Waals surface area contributed by atoms with Crippen molar-refractivity contribution >= 4 is 18.0 Å². The van der Waals surface area contributed by atoms with Gasteiger partial charge in [0, 0.05) is 19.1 Å². The van der Waals surface area contributed by atoms with E-state index < -0.39 is 23.6 Å². The molecule has 2 amide bonds. The molecule has 1 unspecified atom stereocenters. The van der Waals surface area contributed by atoms with Crippen LogP contribution in [-0.4, -0.2) is 54.5 Å². The molecule has 0 bridgehead atoms. The van der Waals surface area contributed by atoms with Crippen LogP contribution >= 0.6 is 0 Å². The van der Waals surface area contributed by atoms with Gasteiger partial charge in [-0.3, -0.25) is 4.79 Å². The third kappa shape index (κ3) is 5.03. The quantitative estimate of drug-likeness (QED) is 0.536. The number of ether oxygens (including phenoxy) is 2. The van der Waals surface area contributed by atoms with Crippen molar-refractivity contribution in [3.8, 4) is 11.1 Å². The molecular formula is C27H30N2O6. The van der Waals surface area contributed by atoms with Crippen LogP contribution in [0.2, 0.25) is 0 Å². The van der Waals surface area contributed by atoms with Gasteiger partial charge in [-0.15, -0.1) is 0 Å². The minimum atomic E-state index is -1.02. The molecule has 5 rings (SSSR count). The van der Waals surface area contributed by atoms with E-state index >= 15 is 0 Å². The summed E-state index contributed by atoms with van der Waals surface area (Å²) >= 11 is 0. The molecule has 1 aliphatic heterocycles. The Labute approximate surface area is 204 Å². The van der Waals surface area contributed by atoms with Crippen molar-refractivity contribution in [2.45, 2.75) is 49.6 Å². The maximum Gasteiger partial charge on any atom is 0.407 e. The van der Waals surface area contributed by atoms with Crippen molar-refractivity contribution in [1.29, 1.82) is 0 Å². The summed E-state index contributed by atoms with van der Waals surface area (Å²) in [5, 5.41) is 15.0. The van der Waals surface area contributed by atoms with Crippen molar-refractivity contribution in [3.05, 3.63) is 59.7 Å². The molecule has 3 aliphatic rings. The van der Waals surface area contributed by atoms with Gasteiger partial charge in [-0.05, 0) is 53.9 Å². The van der Waals surface area contributed by atoms with Crippen LogP contribution in [0.15, 0.2) is 48.5 Å². The Balaban J connectivity index is 1.24. The van der Waals surface area contributed by atoms with Crippen LogP contribution in [-0.2, 0) is 19.1 Å². The van der Waals surface area contributed by atoms with Gasteiger partial charge in [0.05, 0.1) is 12.0 Å². The van der Waals surface area contributed by atoms with Crippen molar-refractivity contribution in [3.63, 3.8) is 0 Å². The summed E-state index contributed by atoms with van der Waals surface area (Å²) in [4.78, 5) is 37.2. The number of carboxylic acids is 1. The summed E-state index contributed by atoms with van der Waals surface area (Å²) in [6.07, 6.45) is 1.90. The summed E-state index contributed by atoms with van der Waals surface area (Å²) < 4.78 is 11.2. The van der Waals surface area contributed by atoms with E-state index in [2.05, 4.69) is 34.9 Å². The average molecular weight is 479 g/mol. The Hall–Kier alpha value is -3.39. The van der Waals surface area contributed by atoms with E-state index in [9.17, 15) is 19.5 Å². The number of nitrogens with one attached hydrogen (secondary N) is 2. The molecule has 0 spiro atoms. The lowest BCUT2D eigenvalue weighted by Gasteiger charge is -2.37. The van der Waals surface area contributed by atoms with Gasteiger partial charge in [-0.2, -0.15) is 0 Å². The highest BCUT2D eigenvalue weighted by atomic mass is 16.5. The number of amides is 2. The molecule has 2 fully saturated rings. The number of rotatable bonds is 8. The number of alkyl carbamates (subject to hydrolysis) is 1. The Kier molecular flexibility index (Phi) is 6.47. The molecule has 3 N–H and O–H groups in total. The fourth-order valence-corrected chi connectivity index (χ4v) is 5.30. The molecule has 35 heavy (non-hydrogen) atoms. The summed E-state index contributed by atoms with van der Waals surface area (Å²) in [5.74, 6) is -1.48. The second kappa shape index (κ2) is 9.70.